The van der Waals surface area contributed by atoms with Gasteiger partial charge in [-0.25, -0.2) is 0 Å². The fourth-order valence-corrected chi connectivity index (χ4v) is 0.841. The van der Waals surface area contributed by atoms with Gasteiger partial charge in [-0.05, 0) is 0 Å². The Morgan fingerprint density at radius 1 is 1.45 bits per heavy atom. The van der Waals surface area contributed by atoms with Crippen LogP contribution < -0.4 is 11.5 Å². The second-order valence-corrected chi connectivity index (χ2v) is 2.25. The van der Waals surface area contributed by atoms with E-state index in [1.807, 2.05) is 0 Å². The first kappa shape index (κ1) is 7.74. The summed E-state index contributed by atoms with van der Waals surface area (Å²) in [5.41, 5.74) is 10.9. The number of nitro groups is 1. The van der Waals surface area contributed by atoms with Crippen LogP contribution in [-0.4, -0.2) is 4.92 Å². The molecule has 0 heterocycles. The molecule has 0 spiro atoms. The average molecular weight is 154 g/mol. The van der Waals surface area contributed by atoms with E-state index < -0.39 is 4.92 Å². The Balaban J connectivity index is 2.88. The smallest absolute Gasteiger partial charge is 0.287 e. The third kappa shape index (κ3) is 1.56. The lowest BCUT2D eigenvalue weighted by molar-refractivity contribution is -0.420. The Bertz CT molecular complexity index is 244. The maximum absolute atomic E-state index is 10.2. The summed E-state index contributed by atoms with van der Waals surface area (Å²) in [6, 6.07) is 0.549. The van der Waals surface area contributed by atoms with E-state index in [0.29, 0.717) is 6.04 Å². The zero-order valence-electron chi connectivity index (χ0n) is 5.78. The normalized spacial score (nSPS) is 19.0. The van der Waals surface area contributed by atoms with Crippen molar-refractivity contribution in [2.24, 2.45) is 11.5 Å². The Hall–Kier alpha value is -1.36. The van der Waals surface area contributed by atoms with Crippen LogP contribution in [0.2, 0.25) is 0 Å². The predicted octanol–water partition coefficient (Wildman–Crippen LogP) is -0.116. The third-order valence-electron chi connectivity index (χ3n) is 1.38. The molecule has 1 radical (unpaired) electrons. The summed E-state index contributed by atoms with van der Waals surface area (Å²) in [5, 5.41) is 10.2. The van der Waals surface area contributed by atoms with Crippen molar-refractivity contribution in [1.29, 1.82) is 0 Å². The van der Waals surface area contributed by atoms with Crippen LogP contribution in [0.5, 0.6) is 0 Å². The second-order valence-electron chi connectivity index (χ2n) is 2.25. The Labute approximate surface area is 63.5 Å². The van der Waals surface area contributed by atoms with E-state index in [0.717, 1.165) is 0 Å². The molecule has 0 unspecified atom stereocenters. The van der Waals surface area contributed by atoms with E-state index in [-0.39, 0.29) is 17.8 Å². The maximum atomic E-state index is 10.2. The first-order valence-electron chi connectivity index (χ1n) is 3.03. The summed E-state index contributed by atoms with van der Waals surface area (Å²) in [7, 11) is 0. The van der Waals surface area contributed by atoms with Crippen molar-refractivity contribution in [3.05, 3.63) is 39.7 Å². The van der Waals surface area contributed by atoms with Gasteiger partial charge in [0.2, 0.25) is 0 Å². The lowest BCUT2D eigenvalue weighted by Gasteiger charge is -2.09. The molecule has 0 amide bonds. The fraction of sp³-hybridized carbons (Fsp3) is 0.167. The van der Waals surface area contributed by atoms with E-state index in [1.54, 1.807) is 0 Å². The van der Waals surface area contributed by atoms with Crippen LogP contribution in [-0.2, 0) is 0 Å². The number of hydrogen-bond acceptors (Lipinski definition) is 4. The van der Waals surface area contributed by atoms with Crippen LogP contribution in [0.15, 0.2) is 23.5 Å². The van der Waals surface area contributed by atoms with E-state index in [2.05, 4.69) is 0 Å². The molecule has 59 valence electrons. The Morgan fingerprint density at radius 3 is 2.55 bits per heavy atom. The molecule has 0 aromatic rings. The first-order chi connectivity index (χ1) is 5.11. The molecule has 0 saturated carbocycles. The van der Waals surface area contributed by atoms with E-state index in [9.17, 15) is 10.1 Å². The fourth-order valence-electron chi connectivity index (χ4n) is 0.841. The van der Waals surface area contributed by atoms with Crippen LogP contribution in [0.25, 0.3) is 0 Å². The number of nitrogens with two attached hydrogens (primary N) is 2. The summed E-state index contributed by atoms with van der Waals surface area (Å²) in [4.78, 5) is 9.72. The van der Waals surface area contributed by atoms with Gasteiger partial charge in [-0.3, -0.25) is 10.1 Å². The standard InChI is InChI=1S/C6H8N3O2/c7-4-1-2-6(9(10)11)5(8)3-4/h1-2H,3,7-8H2. The highest BCUT2D eigenvalue weighted by Crippen LogP contribution is 2.17. The topological polar surface area (TPSA) is 95.2 Å². The molecule has 1 aliphatic carbocycles. The maximum Gasteiger partial charge on any atom is 0.287 e. The number of rotatable bonds is 1. The highest BCUT2D eigenvalue weighted by atomic mass is 16.6. The molecule has 0 aromatic carbocycles. The van der Waals surface area contributed by atoms with E-state index in [4.69, 9.17) is 11.5 Å². The van der Waals surface area contributed by atoms with E-state index >= 15 is 0 Å². The molecule has 0 fully saturated rings. The van der Waals surface area contributed by atoms with Gasteiger partial charge in [-0.15, -0.1) is 0 Å². The van der Waals surface area contributed by atoms with Crippen LogP contribution in [0, 0.1) is 16.2 Å². The largest absolute Gasteiger partial charge is 0.396 e. The minimum absolute atomic E-state index is 0.0563. The van der Waals surface area contributed by atoms with Crippen molar-refractivity contribution in [2.45, 2.75) is 6.42 Å². The molecule has 1 rings (SSSR count). The van der Waals surface area contributed by atoms with Crippen molar-refractivity contribution < 1.29 is 4.92 Å². The lowest BCUT2D eigenvalue weighted by atomic mass is 10.1. The number of hydrogen-bond donors (Lipinski definition) is 2. The lowest BCUT2D eigenvalue weighted by Crippen LogP contribution is -2.19. The van der Waals surface area contributed by atoms with Crippen molar-refractivity contribution >= 4 is 0 Å². The molecule has 0 aliphatic heterocycles. The SMILES string of the molecule is N[C]1C=CC([N+](=O)[O-])=C(N)C1. The molecule has 11 heavy (non-hydrogen) atoms. The molecular weight excluding hydrogens is 146 g/mol. The van der Waals surface area contributed by atoms with Crippen LogP contribution in [0.4, 0.5) is 0 Å². The van der Waals surface area contributed by atoms with Gasteiger partial charge >= 0.3 is 0 Å². The van der Waals surface area contributed by atoms with Crippen molar-refractivity contribution in [3.8, 4) is 0 Å². The van der Waals surface area contributed by atoms with Gasteiger partial charge in [0.1, 0.15) is 0 Å². The zero-order valence-corrected chi connectivity index (χ0v) is 5.78. The van der Waals surface area contributed by atoms with Crippen LogP contribution in [0.1, 0.15) is 6.42 Å². The van der Waals surface area contributed by atoms with Gasteiger partial charge in [-0.2, -0.15) is 0 Å². The number of allylic oxidation sites excluding steroid dienone is 1. The summed E-state index contributed by atoms with van der Waals surface area (Å²) in [6.45, 7) is 0. The molecular formula is C6H8N3O2. The van der Waals surface area contributed by atoms with Crippen LogP contribution in [0.3, 0.4) is 0 Å². The Kier molecular flexibility index (Phi) is 1.91. The second kappa shape index (κ2) is 2.71. The predicted molar refractivity (Wildman–Crippen MR) is 39.4 cm³/mol. The van der Waals surface area contributed by atoms with E-state index in [1.165, 1.54) is 12.2 Å². The monoisotopic (exact) mass is 154 g/mol. The third-order valence-corrected chi connectivity index (χ3v) is 1.38. The minimum atomic E-state index is -0.516. The zero-order chi connectivity index (χ0) is 8.43. The van der Waals surface area contributed by atoms with Gasteiger partial charge in [0.05, 0.1) is 16.7 Å². The van der Waals surface area contributed by atoms with Crippen LogP contribution >= 0.6 is 0 Å². The minimum Gasteiger partial charge on any atom is -0.396 e. The van der Waals surface area contributed by atoms with Gasteiger partial charge in [0, 0.05) is 12.5 Å². The molecule has 0 bridgehead atoms. The molecule has 1 aliphatic rings. The van der Waals surface area contributed by atoms with Gasteiger partial charge in [0.15, 0.2) is 0 Å². The molecule has 0 atom stereocenters. The molecule has 0 aromatic heterocycles. The summed E-state index contributed by atoms with van der Waals surface area (Å²) < 4.78 is 0. The molecule has 4 N–H and O–H groups in total. The quantitative estimate of drug-likeness (QED) is 0.406. The number of nitrogens with zero attached hydrogens (tertiary/aromatic N) is 1. The molecule has 5 heteroatoms. The highest BCUT2D eigenvalue weighted by Gasteiger charge is 2.19. The highest BCUT2D eigenvalue weighted by molar-refractivity contribution is 5.30. The first-order valence-corrected chi connectivity index (χ1v) is 3.03. The Morgan fingerprint density at radius 2 is 2.09 bits per heavy atom. The average Bonchev–Trinajstić information content (AvgIpc) is 1.85. The van der Waals surface area contributed by atoms with Gasteiger partial charge in [0.25, 0.3) is 5.70 Å². The molecule has 5 nitrogen and oxygen atoms in total. The van der Waals surface area contributed by atoms with Gasteiger partial charge in [-0.1, -0.05) is 6.08 Å². The summed E-state index contributed by atoms with van der Waals surface area (Å²) >= 11 is 0. The van der Waals surface area contributed by atoms with Crippen molar-refractivity contribution in [3.63, 3.8) is 0 Å². The summed E-state index contributed by atoms with van der Waals surface area (Å²) in [5.74, 6) is 0. The molecule has 0 saturated heterocycles. The van der Waals surface area contributed by atoms with Crippen molar-refractivity contribution in [2.75, 3.05) is 0 Å². The summed E-state index contributed by atoms with van der Waals surface area (Å²) in [6.07, 6.45) is 3.09. The van der Waals surface area contributed by atoms with Gasteiger partial charge < -0.3 is 11.5 Å². The van der Waals surface area contributed by atoms with Crippen molar-refractivity contribution in [1.82, 2.24) is 0 Å².